The number of nitrogens with zero attached hydrogens (tertiary/aromatic N) is 2. The first-order chi connectivity index (χ1) is 8.25. The van der Waals surface area contributed by atoms with Crippen molar-refractivity contribution in [3.63, 3.8) is 0 Å². The SMILES string of the molecule is Cc1c(C(=O)NC2CC2)nn2c1CNCCC2. The van der Waals surface area contributed by atoms with Crippen molar-refractivity contribution in [3.8, 4) is 0 Å². The number of aromatic nitrogens is 2. The standard InChI is InChI=1S/C12H18N4O/c1-8-10-7-13-5-2-6-16(10)15-11(8)12(17)14-9-3-4-9/h9,13H,2-7H2,1H3,(H,14,17). The lowest BCUT2D eigenvalue weighted by Crippen LogP contribution is -2.26. The first-order valence-electron chi connectivity index (χ1n) is 6.33. The summed E-state index contributed by atoms with van der Waals surface area (Å²) in [6.45, 7) is 4.73. The average molecular weight is 234 g/mol. The highest BCUT2D eigenvalue weighted by Crippen LogP contribution is 2.21. The molecule has 0 radical (unpaired) electrons. The van der Waals surface area contributed by atoms with Crippen LogP contribution in [0.1, 0.15) is 41.0 Å². The van der Waals surface area contributed by atoms with Crippen LogP contribution in [0, 0.1) is 6.92 Å². The second kappa shape index (κ2) is 4.14. The number of carbonyl (C=O) groups excluding carboxylic acids is 1. The molecule has 2 aliphatic rings. The van der Waals surface area contributed by atoms with Crippen molar-refractivity contribution in [2.75, 3.05) is 6.54 Å². The van der Waals surface area contributed by atoms with Crippen LogP contribution >= 0.6 is 0 Å². The van der Waals surface area contributed by atoms with Gasteiger partial charge in [-0.05, 0) is 32.7 Å². The molecule has 3 rings (SSSR count). The molecule has 1 aliphatic heterocycles. The van der Waals surface area contributed by atoms with E-state index in [9.17, 15) is 4.79 Å². The summed E-state index contributed by atoms with van der Waals surface area (Å²) in [6, 6.07) is 0.390. The number of carbonyl (C=O) groups is 1. The first-order valence-corrected chi connectivity index (χ1v) is 6.33. The Morgan fingerprint density at radius 2 is 2.35 bits per heavy atom. The van der Waals surface area contributed by atoms with Gasteiger partial charge < -0.3 is 10.6 Å². The Hall–Kier alpha value is -1.36. The van der Waals surface area contributed by atoms with E-state index in [1.165, 1.54) is 0 Å². The fourth-order valence-electron chi connectivity index (χ4n) is 2.25. The Bertz CT molecular complexity index is 448. The molecular weight excluding hydrogens is 216 g/mol. The third-order valence-electron chi connectivity index (χ3n) is 3.46. The van der Waals surface area contributed by atoms with Crippen LogP contribution in [-0.2, 0) is 13.1 Å². The lowest BCUT2D eigenvalue weighted by molar-refractivity contribution is 0.0944. The van der Waals surface area contributed by atoms with E-state index in [4.69, 9.17) is 0 Å². The molecule has 2 heterocycles. The minimum absolute atomic E-state index is 0.00873. The van der Waals surface area contributed by atoms with Crippen molar-refractivity contribution >= 4 is 5.91 Å². The normalized spacial score (nSPS) is 19.6. The van der Waals surface area contributed by atoms with Crippen molar-refractivity contribution in [2.45, 2.75) is 45.3 Å². The van der Waals surface area contributed by atoms with Gasteiger partial charge in [0.05, 0.1) is 5.69 Å². The molecular formula is C12H18N4O. The molecule has 5 heteroatoms. The van der Waals surface area contributed by atoms with Crippen LogP contribution in [-0.4, -0.2) is 28.3 Å². The molecule has 1 aliphatic carbocycles. The van der Waals surface area contributed by atoms with Gasteiger partial charge in [0.2, 0.25) is 0 Å². The third kappa shape index (κ3) is 2.07. The number of hydrogen-bond acceptors (Lipinski definition) is 3. The van der Waals surface area contributed by atoms with Gasteiger partial charge in [0, 0.05) is 24.7 Å². The van der Waals surface area contributed by atoms with Gasteiger partial charge in [-0.25, -0.2) is 0 Å². The fraction of sp³-hybridized carbons (Fsp3) is 0.667. The zero-order valence-electron chi connectivity index (χ0n) is 10.1. The van der Waals surface area contributed by atoms with Gasteiger partial charge >= 0.3 is 0 Å². The summed E-state index contributed by atoms with van der Waals surface area (Å²) < 4.78 is 1.98. The Morgan fingerprint density at radius 1 is 1.53 bits per heavy atom. The lowest BCUT2D eigenvalue weighted by Gasteiger charge is -2.02. The largest absolute Gasteiger partial charge is 0.348 e. The van der Waals surface area contributed by atoms with Crippen molar-refractivity contribution in [2.24, 2.45) is 0 Å². The minimum Gasteiger partial charge on any atom is -0.348 e. The van der Waals surface area contributed by atoms with Gasteiger partial charge in [-0.15, -0.1) is 0 Å². The Labute approximate surface area is 101 Å². The minimum atomic E-state index is -0.00873. The molecule has 1 saturated carbocycles. The third-order valence-corrected chi connectivity index (χ3v) is 3.46. The number of fused-ring (bicyclic) bond motifs is 1. The maximum Gasteiger partial charge on any atom is 0.272 e. The van der Waals surface area contributed by atoms with Crippen LogP contribution in [0.2, 0.25) is 0 Å². The quantitative estimate of drug-likeness (QED) is 0.787. The van der Waals surface area contributed by atoms with Crippen molar-refractivity contribution in [3.05, 3.63) is 17.0 Å². The number of rotatable bonds is 2. The lowest BCUT2D eigenvalue weighted by atomic mass is 10.2. The van der Waals surface area contributed by atoms with Gasteiger partial charge in [-0.3, -0.25) is 9.48 Å². The Kier molecular flexibility index (Phi) is 2.63. The van der Waals surface area contributed by atoms with Crippen LogP contribution in [0.15, 0.2) is 0 Å². The topological polar surface area (TPSA) is 59.0 Å². The van der Waals surface area contributed by atoms with Crippen LogP contribution in [0.3, 0.4) is 0 Å². The fourth-order valence-corrected chi connectivity index (χ4v) is 2.25. The highest BCUT2D eigenvalue weighted by atomic mass is 16.2. The van der Waals surface area contributed by atoms with Crippen LogP contribution in [0.5, 0.6) is 0 Å². The summed E-state index contributed by atoms with van der Waals surface area (Å²) in [7, 11) is 0. The molecule has 5 nitrogen and oxygen atoms in total. The van der Waals surface area contributed by atoms with E-state index < -0.39 is 0 Å². The molecule has 0 saturated heterocycles. The molecule has 1 aromatic rings. The smallest absolute Gasteiger partial charge is 0.272 e. The zero-order chi connectivity index (χ0) is 11.8. The molecule has 92 valence electrons. The zero-order valence-corrected chi connectivity index (χ0v) is 10.1. The molecule has 1 fully saturated rings. The van der Waals surface area contributed by atoms with E-state index in [-0.39, 0.29) is 5.91 Å². The Morgan fingerprint density at radius 3 is 3.12 bits per heavy atom. The van der Waals surface area contributed by atoms with Crippen molar-refractivity contribution < 1.29 is 4.79 Å². The van der Waals surface area contributed by atoms with Crippen LogP contribution in [0.4, 0.5) is 0 Å². The molecule has 0 unspecified atom stereocenters. The van der Waals surface area contributed by atoms with Crippen molar-refractivity contribution in [1.82, 2.24) is 20.4 Å². The van der Waals surface area contributed by atoms with Crippen LogP contribution < -0.4 is 10.6 Å². The van der Waals surface area contributed by atoms with E-state index >= 15 is 0 Å². The summed E-state index contributed by atoms with van der Waals surface area (Å²) in [6.07, 6.45) is 3.29. The second-order valence-corrected chi connectivity index (χ2v) is 4.92. The van der Waals surface area contributed by atoms with Gasteiger partial charge in [0.15, 0.2) is 5.69 Å². The van der Waals surface area contributed by atoms with Gasteiger partial charge in [0.1, 0.15) is 0 Å². The summed E-state index contributed by atoms with van der Waals surface area (Å²) in [5, 5.41) is 10.8. The van der Waals surface area contributed by atoms with E-state index in [0.29, 0.717) is 11.7 Å². The predicted molar refractivity (Wildman–Crippen MR) is 63.8 cm³/mol. The highest BCUT2D eigenvalue weighted by molar-refractivity contribution is 5.94. The molecule has 0 spiro atoms. The molecule has 17 heavy (non-hydrogen) atoms. The van der Waals surface area contributed by atoms with Gasteiger partial charge in [0.25, 0.3) is 5.91 Å². The number of aryl methyl sites for hydroxylation is 1. The van der Waals surface area contributed by atoms with E-state index in [1.54, 1.807) is 0 Å². The average Bonchev–Trinajstić information content (AvgIpc) is 3.08. The maximum atomic E-state index is 12.0. The number of hydrogen-bond donors (Lipinski definition) is 2. The summed E-state index contributed by atoms with van der Waals surface area (Å²) in [5.41, 5.74) is 2.79. The maximum absolute atomic E-state index is 12.0. The molecule has 0 bridgehead atoms. The molecule has 1 aromatic heterocycles. The highest BCUT2D eigenvalue weighted by Gasteiger charge is 2.27. The van der Waals surface area contributed by atoms with E-state index in [1.807, 2.05) is 11.6 Å². The van der Waals surface area contributed by atoms with E-state index in [0.717, 1.165) is 50.2 Å². The summed E-state index contributed by atoms with van der Waals surface area (Å²) in [5.74, 6) is -0.00873. The molecule has 0 aromatic carbocycles. The second-order valence-electron chi connectivity index (χ2n) is 4.92. The summed E-state index contributed by atoms with van der Waals surface area (Å²) >= 11 is 0. The first kappa shape index (κ1) is 10.8. The van der Waals surface area contributed by atoms with Gasteiger partial charge in [-0.1, -0.05) is 0 Å². The number of amides is 1. The van der Waals surface area contributed by atoms with E-state index in [2.05, 4.69) is 15.7 Å². The molecule has 2 N–H and O–H groups in total. The monoisotopic (exact) mass is 234 g/mol. The Balaban J connectivity index is 1.86. The molecule has 1 amide bonds. The van der Waals surface area contributed by atoms with Gasteiger partial charge in [-0.2, -0.15) is 5.10 Å². The summed E-state index contributed by atoms with van der Waals surface area (Å²) in [4.78, 5) is 12.0. The van der Waals surface area contributed by atoms with Crippen molar-refractivity contribution in [1.29, 1.82) is 0 Å². The predicted octanol–water partition coefficient (Wildman–Crippen LogP) is 0.577. The molecule has 0 atom stereocenters. The number of nitrogens with one attached hydrogen (secondary N) is 2. The van der Waals surface area contributed by atoms with Crippen LogP contribution in [0.25, 0.3) is 0 Å².